The van der Waals surface area contributed by atoms with E-state index in [-0.39, 0.29) is 24.7 Å². The summed E-state index contributed by atoms with van der Waals surface area (Å²) in [7, 11) is 0. The second-order valence-corrected chi connectivity index (χ2v) is 4.43. The van der Waals surface area contributed by atoms with Crippen molar-refractivity contribution in [3.63, 3.8) is 0 Å². The first-order chi connectivity index (χ1) is 7.02. The van der Waals surface area contributed by atoms with E-state index >= 15 is 0 Å². The van der Waals surface area contributed by atoms with Crippen molar-refractivity contribution in [2.24, 2.45) is 0 Å². The Hall–Kier alpha value is -0.610. The minimum Gasteiger partial charge on any atom is -0.369 e. The van der Waals surface area contributed by atoms with Crippen molar-refractivity contribution < 1.29 is 9.53 Å². The summed E-state index contributed by atoms with van der Waals surface area (Å²) in [6, 6.07) is 0.615. The minimum absolute atomic E-state index is 0.101. The zero-order valence-electron chi connectivity index (χ0n) is 10.1. The highest BCUT2D eigenvalue weighted by molar-refractivity contribution is 5.78. The number of hydrogen-bond donors (Lipinski definition) is 1. The molecule has 2 unspecified atom stereocenters. The van der Waals surface area contributed by atoms with E-state index in [1.165, 1.54) is 0 Å². The Morgan fingerprint density at radius 3 is 2.80 bits per heavy atom. The monoisotopic (exact) mass is 214 g/mol. The zero-order chi connectivity index (χ0) is 11.4. The van der Waals surface area contributed by atoms with Crippen LogP contribution < -0.4 is 5.32 Å². The molecule has 88 valence electrons. The first kappa shape index (κ1) is 12.5. The summed E-state index contributed by atoms with van der Waals surface area (Å²) in [6.07, 6.45) is 0.115. The standard InChI is InChI=1S/C11H22N2O2/c1-8(2)15-7-11(14)13-6-5-12-9(3)10(13)4/h8-10,12H,5-7H2,1-4H3. The molecule has 1 heterocycles. The van der Waals surface area contributed by atoms with Gasteiger partial charge in [-0.25, -0.2) is 0 Å². The molecular weight excluding hydrogens is 192 g/mol. The maximum absolute atomic E-state index is 11.8. The van der Waals surface area contributed by atoms with Crippen LogP contribution in [0, 0.1) is 0 Å². The van der Waals surface area contributed by atoms with Crippen LogP contribution in [0.2, 0.25) is 0 Å². The number of carbonyl (C=O) groups is 1. The molecule has 1 aliphatic rings. The van der Waals surface area contributed by atoms with Crippen molar-refractivity contribution >= 4 is 5.91 Å². The molecule has 0 aliphatic carbocycles. The molecule has 15 heavy (non-hydrogen) atoms. The highest BCUT2D eigenvalue weighted by Gasteiger charge is 2.27. The molecule has 0 radical (unpaired) electrons. The van der Waals surface area contributed by atoms with Gasteiger partial charge in [0.25, 0.3) is 0 Å². The normalized spacial score (nSPS) is 27.1. The number of hydrogen-bond acceptors (Lipinski definition) is 3. The van der Waals surface area contributed by atoms with Crippen LogP contribution in [-0.2, 0) is 9.53 Å². The van der Waals surface area contributed by atoms with E-state index in [0.29, 0.717) is 6.04 Å². The molecule has 1 amide bonds. The van der Waals surface area contributed by atoms with E-state index in [9.17, 15) is 4.79 Å². The fraction of sp³-hybridized carbons (Fsp3) is 0.909. The van der Waals surface area contributed by atoms with Crippen molar-refractivity contribution in [1.29, 1.82) is 0 Å². The summed E-state index contributed by atoms with van der Waals surface area (Å²) in [6.45, 7) is 9.92. The smallest absolute Gasteiger partial charge is 0.248 e. The van der Waals surface area contributed by atoms with Gasteiger partial charge < -0.3 is 15.0 Å². The maximum atomic E-state index is 11.8. The Labute approximate surface area is 92.0 Å². The number of carbonyl (C=O) groups excluding carboxylic acids is 1. The minimum atomic E-state index is 0.101. The molecule has 1 aliphatic heterocycles. The van der Waals surface area contributed by atoms with Crippen LogP contribution in [0.15, 0.2) is 0 Å². The molecule has 1 N–H and O–H groups in total. The molecule has 0 aromatic carbocycles. The largest absolute Gasteiger partial charge is 0.369 e. The Morgan fingerprint density at radius 1 is 1.53 bits per heavy atom. The number of nitrogens with one attached hydrogen (secondary N) is 1. The van der Waals surface area contributed by atoms with Crippen LogP contribution in [0.1, 0.15) is 27.7 Å². The lowest BCUT2D eigenvalue weighted by molar-refractivity contribution is -0.141. The Balaban J connectivity index is 2.43. The molecule has 0 aromatic heterocycles. The number of piperazine rings is 1. The molecule has 0 spiro atoms. The molecule has 0 saturated carbocycles. The average molecular weight is 214 g/mol. The van der Waals surface area contributed by atoms with Gasteiger partial charge in [-0.1, -0.05) is 0 Å². The zero-order valence-corrected chi connectivity index (χ0v) is 10.1. The summed E-state index contributed by atoms with van der Waals surface area (Å²) in [5.74, 6) is 0.101. The maximum Gasteiger partial charge on any atom is 0.248 e. The van der Waals surface area contributed by atoms with Gasteiger partial charge in [0.2, 0.25) is 5.91 Å². The van der Waals surface area contributed by atoms with Gasteiger partial charge in [-0.3, -0.25) is 4.79 Å². The van der Waals surface area contributed by atoms with Crippen LogP contribution in [0.25, 0.3) is 0 Å². The summed E-state index contributed by atoms with van der Waals surface area (Å²) >= 11 is 0. The number of nitrogens with zero attached hydrogens (tertiary/aromatic N) is 1. The van der Waals surface area contributed by atoms with Crippen LogP contribution >= 0.6 is 0 Å². The van der Waals surface area contributed by atoms with Gasteiger partial charge in [0.05, 0.1) is 6.10 Å². The van der Waals surface area contributed by atoms with Gasteiger partial charge in [0.1, 0.15) is 6.61 Å². The van der Waals surface area contributed by atoms with E-state index in [4.69, 9.17) is 4.74 Å². The van der Waals surface area contributed by atoms with Crippen LogP contribution in [0.4, 0.5) is 0 Å². The van der Waals surface area contributed by atoms with E-state index < -0.39 is 0 Å². The quantitative estimate of drug-likeness (QED) is 0.749. The average Bonchev–Trinajstić information content (AvgIpc) is 2.18. The van der Waals surface area contributed by atoms with Crippen molar-refractivity contribution in [2.45, 2.75) is 45.9 Å². The highest BCUT2D eigenvalue weighted by atomic mass is 16.5. The molecule has 1 fully saturated rings. The fourth-order valence-electron chi connectivity index (χ4n) is 1.73. The first-order valence-electron chi connectivity index (χ1n) is 5.67. The van der Waals surface area contributed by atoms with Gasteiger partial charge in [-0.15, -0.1) is 0 Å². The topological polar surface area (TPSA) is 41.6 Å². The van der Waals surface area contributed by atoms with E-state index in [2.05, 4.69) is 19.2 Å². The second kappa shape index (κ2) is 5.47. The predicted octanol–water partition coefficient (Wildman–Crippen LogP) is 0.620. The van der Waals surface area contributed by atoms with Crippen molar-refractivity contribution in [1.82, 2.24) is 10.2 Å². The molecular formula is C11H22N2O2. The van der Waals surface area contributed by atoms with Gasteiger partial charge in [0.15, 0.2) is 0 Å². The third-order valence-electron chi connectivity index (χ3n) is 2.89. The summed E-state index contributed by atoms with van der Waals surface area (Å²) in [4.78, 5) is 13.7. The summed E-state index contributed by atoms with van der Waals surface area (Å²) in [5.41, 5.74) is 0. The van der Waals surface area contributed by atoms with E-state index in [1.54, 1.807) is 0 Å². The SMILES string of the molecule is CC(C)OCC(=O)N1CCNC(C)C1C. The third kappa shape index (κ3) is 3.47. The molecule has 2 atom stereocenters. The van der Waals surface area contributed by atoms with Gasteiger partial charge >= 0.3 is 0 Å². The van der Waals surface area contributed by atoms with E-state index in [0.717, 1.165) is 13.1 Å². The Bertz CT molecular complexity index is 219. The Morgan fingerprint density at radius 2 is 2.20 bits per heavy atom. The number of amides is 1. The summed E-state index contributed by atoms with van der Waals surface area (Å²) in [5, 5.41) is 3.35. The van der Waals surface area contributed by atoms with Crippen molar-refractivity contribution in [2.75, 3.05) is 19.7 Å². The van der Waals surface area contributed by atoms with Gasteiger partial charge in [0, 0.05) is 25.2 Å². The van der Waals surface area contributed by atoms with Crippen LogP contribution in [-0.4, -0.2) is 48.7 Å². The first-order valence-corrected chi connectivity index (χ1v) is 5.67. The molecule has 4 heteroatoms. The predicted molar refractivity (Wildman–Crippen MR) is 59.7 cm³/mol. The molecule has 0 bridgehead atoms. The molecule has 0 aromatic rings. The molecule has 1 rings (SSSR count). The van der Waals surface area contributed by atoms with Crippen LogP contribution in [0.3, 0.4) is 0 Å². The van der Waals surface area contributed by atoms with Crippen LogP contribution in [0.5, 0.6) is 0 Å². The second-order valence-electron chi connectivity index (χ2n) is 4.43. The lowest BCUT2D eigenvalue weighted by atomic mass is 10.1. The lowest BCUT2D eigenvalue weighted by Crippen LogP contribution is -2.57. The number of rotatable bonds is 3. The third-order valence-corrected chi connectivity index (χ3v) is 2.89. The van der Waals surface area contributed by atoms with Crippen molar-refractivity contribution in [3.05, 3.63) is 0 Å². The Kier molecular flexibility index (Phi) is 4.54. The summed E-state index contributed by atoms with van der Waals surface area (Å²) < 4.78 is 5.33. The molecule has 1 saturated heterocycles. The van der Waals surface area contributed by atoms with Gasteiger partial charge in [-0.2, -0.15) is 0 Å². The lowest BCUT2D eigenvalue weighted by Gasteiger charge is -2.38. The number of ether oxygens (including phenoxy) is 1. The fourth-order valence-corrected chi connectivity index (χ4v) is 1.73. The van der Waals surface area contributed by atoms with Crippen molar-refractivity contribution in [3.8, 4) is 0 Å². The van der Waals surface area contributed by atoms with E-state index in [1.807, 2.05) is 18.7 Å². The van der Waals surface area contributed by atoms with Gasteiger partial charge in [-0.05, 0) is 27.7 Å². The molecule has 4 nitrogen and oxygen atoms in total. The highest BCUT2D eigenvalue weighted by Crippen LogP contribution is 2.09.